The summed E-state index contributed by atoms with van der Waals surface area (Å²) in [6, 6.07) is 7.87. The third-order valence-corrected chi connectivity index (χ3v) is 4.31. The number of nitrogens with zero attached hydrogens (tertiary/aromatic N) is 2. The van der Waals surface area contributed by atoms with Gasteiger partial charge in [0.05, 0.1) is 0 Å². The fourth-order valence-corrected chi connectivity index (χ4v) is 2.88. The Morgan fingerprint density at radius 2 is 1.62 bits per heavy atom. The van der Waals surface area contributed by atoms with E-state index in [1.807, 2.05) is 24.3 Å². The van der Waals surface area contributed by atoms with Gasteiger partial charge < -0.3 is 14.5 Å². The summed E-state index contributed by atoms with van der Waals surface area (Å²) in [5, 5.41) is 0. The van der Waals surface area contributed by atoms with Crippen LogP contribution in [0.15, 0.2) is 24.3 Å². The summed E-state index contributed by atoms with van der Waals surface area (Å²) in [6.07, 6.45) is 2.51. The molecule has 2 amide bonds. The summed E-state index contributed by atoms with van der Waals surface area (Å²) < 4.78 is 5.58. The number of ether oxygens (including phenoxy) is 1. The van der Waals surface area contributed by atoms with Gasteiger partial charge in [0.2, 0.25) is 5.91 Å². The van der Waals surface area contributed by atoms with Crippen LogP contribution < -0.4 is 4.74 Å². The first-order valence-corrected chi connectivity index (χ1v) is 9.00. The molecule has 1 aliphatic rings. The fraction of sp³-hybridized carbons (Fsp3) is 0.556. The van der Waals surface area contributed by atoms with Crippen molar-refractivity contribution in [3.63, 3.8) is 0 Å². The highest BCUT2D eigenvalue weighted by Gasteiger charge is 2.23. The molecule has 0 saturated carbocycles. The third kappa shape index (κ3) is 5.41. The number of hydrogen-bond donors (Lipinski definition) is 0. The second-order valence-corrected chi connectivity index (χ2v) is 6.26. The molecule has 1 fully saturated rings. The van der Waals surface area contributed by atoms with E-state index in [4.69, 9.17) is 16.3 Å². The molecule has 0 radical (unpaired) electrons. The predicted molar refractivity (Wildman–Crippen MR) is 94.4 cm³/mol. The minimum absolute atomic E-state index is 0.0305. The first-order valence-electron chi connectivity index (χ1n) is 8.47. The van der Waals surface area contributed by atoms with Gasteiger partial charge in [-0.2, -0.15) is 0 Å². The summed E-state index contributed by atoms with van der Waals surface area (Å²) in [4.78, 5) is 27.5. The molecule has 0 N–H and O–H groups in total. The van der Waals surface area contributed by atoms with Crippen LogP contribution in [0, 0.1) is 0 Å². The molecule has 0 spiro atoms. The maximum atomic E-state index is 12.2. The zero-order chi connectivity index (χ0) is 17.4. The normalized spacial score (nSPS) is 14.6. The molecule has 0 aliphatic carbocycles. The molecule has 1 aromatic carbocycles. The Morgan fingerprint density at radius 3 is 2.17 bits per heavy atom. The minimum atomic E-state index is -0.0444. The fourth-order valence-electron chi connectivity index (χ4n) is 2.72. The van der Waals surface area contributed by atoms with E-state index in [2.05, 4.69) is 6.92 Å². The van der Waals surface area contributed by atoms with Gasteiger partial charge in [0.1, 0.15) is 5.75 Å². The van der Waals surface area contributed by atoms with Crippen molar-refractivity contribution in [1.82, 2.24) is 9.80 Å². The first-order chi connectivity index (χ1) is 11.6. The molecule has 0 bridgehead atoms. The van der Waals surface area contributed by atoms with E-state index >= 15 is 0 Å². The highest BCUT2D eigenvalue weighted by Crippen LogP contribution is 2.14. The highest BCUT2D eigenvalue weighted by atomic mass is 35.5. The van der Waals surface area contributed by atoms with Gasteiger partial charge in [-0.15, -0.1) is 11.6 Å². The van der Waals surface area contributed by atoms with Gasteiger partial charge in [-0.1, -0.05) is 25.5 Å². The summed E-state index contributed by atoms with van der Waals surface area (Å²) >= 11 is 5.59. The molecule has 0 atom stereocenters. The van der Waals surface area contributed by atoms with Gasteiger partial charge in [-0.3, -0.25) is 9.59 Å². The topological polar surface area (TPSA) is 49.9 Å². The SMILES string of the molecule is CCCc1ccc(OCC(=O)N2CCN(C(=O)CCCl)CC2)cc1. The average molecular weight is 353 g/mol. The largest absolute Gasteiger partial charge is 0.484 e. The number of aryl methyl sites for hydroxylation is 1. The van der Waals surface area contributed by atoms with Crippen molar-refractivity contribution in [3.05, 3.63) is 29.8 Å². The maximum Gasteiger partial charge on any atom is 0.260 e. The average Bonchev–Trinajstić information content (AvgIpc) is 2.61. The lowest BCUT2D eigenvalue weighted by Crippen LogP contribution is -2.51. The standard InChI is InChI=1S/C18H25ClN2O3/c1-2-3-15-4-6-16(7-5-15)24-14-18(23)21-12-10-20(11-13-21)17(22)8-9-19/h4-7H,2-3,8-14H2,1H3. The van der Waals surface area contributed by atoms with Crippen molar-refractivity contribution in [3.8, 4) is 5.75 Å². The summed E-state index contributed by atoms with van der Waals surface area (Å²) in [7, 11) is 0. The second-order valence-electron chi connectivity index (χ2n) is 5.88. The Hall–Kier alpha value is -1.75. The van der Waals surface area contributed by atoms with Crippen LogP contribution >= 0.6 is 11.6 Å². The number of amides is 2. The third-order valence-electron chi connectivity index (χ3n) is 4.12. The minimum Gasteiger partial charge on any atom is -0.484 e. The molecule has 0 unspecified atom stereocenters. The monoisotopic (exact) mass is 352 g/mol. The van der Waals surface area contributed by atoms with Crippen molar-refractivity contribution in [2.75, 3.05) is 38.7 Å². The van der Waals surface area contributed by atoms with Gasteiger partial charge in [0.15, 0.2) is 6.61 Å². The number of rotatable bonds is 7. The smallest absolute Gasteiger partial charge is 0.260 e. The zero-order valence-corrected chi connectivity index (χ0v) is 14.9. The van der Waals surface area contributed by atoms with E-state index in [1.54, 1.807) is 9.80 Å². The number of piperazine rings is 1. The van der Waals surface area contributed by atoms with Gasteiger partial charge in [-0.05, 0) is 24.1 Å². The molecule has 1 aliphatic heterocycles. The zero-order valence-electron chi connectivity index (χ0n) is 14.2. The van der Waals surface area contributed by atoms with E-state index in [1.165, 1.54) is 5.56 Å². The molecular formula is C18H25ClN2O3. The van der Waals surface area contributed by atoms with E-state index in [9.17, 15) is 9.59 Å². The lowest BCUT2D eigenvalue weighted by atomic mass is 10.1. The van der Waals surface area contributed by atoms with E-state index in [-0.39, 0.29) is 18.4 Å². The molecule has 1 saturated heterocycles. The highest BCUT2D eigenvalue weighted by molar-refractivity contribution is 6.18. The Kier molecular flexibility index (Phi) is 7.37. The van der Waals surface area contributed by atoms with Crippen molar-refractivity contribution in [2.45, 2.75) is 26.2 Å². The molecule has 1 aromatic rings. The number of carbonyl (C=O) groups excluding carboxylic acids is 2. The molecule has 0 aromatic heterocycles. The van der Waals surface area contributed by atoms with Gasteiger partial charge in [0.25, 0.3) is 5.91 Å². The Labute approximate surface area is 148 Å². The van der Waals surface area contributed by atoms with Gasteiger partial charge in [0, 0.05) is 38.5 Å². The van der Waals surface area contributed by atoms with Crippen LogP contribution in [0.2, 0.25) is 0 Å². The molecule has 6 heteroatoms. The maximum absolute atomic E-state index is 12.2. The Bertz CT molecular complexity index is 540. The van der Waals surface area contributed by atoms with Crippen LogP contribution in [0.5, 0.6) is 5.75 Å². The van der Waals surface area contributed by atoms with Crippen LogP contribution in [-0.2, 0) is 16.0 Å². The lowest BCUT2D eigenvalue weighted by Gasteiger charge is -2.34. The second kappa shape index (κ2) is 9.52. The number of halogens is 1. The lowest BCUT2D eigenvalue weighted by molar-refractivity contribution is -0.140. The van der Waals surface area contributed by atoms with Crippen molar-refractivity contribution < 1.29 is 14.3 Å². The van der Waals surface area contributed by atoms with Crippen molar-refractivity contribution in [1.29, 1.82) is 0 Å². The summed E-state index contributed by atoms with van der Waals surface area (Å²) in [5.41, 5.74) is 1.27. The van der Waals surface area contributed by atoms with Gasteiger partial charge in [-0.25, -0.2) is 0 Å². The Morgan fingerprint density at radius 1 is 1.04 bits per heavy atom. The number of carbonyl (C=O) groups is 2. The Balaban J connectivity index is 1.74. The van der Waals surface area contributed by atoms with Crippen LogP contribution in [0.1, 0.15) is 25.3 Å². The molecule has 2 rings (SSSR count). The summed E-state index contributed by atoms with van der Waals surface area (Å²) in [5.74, 6) is 1.06. The van der Waals surface area contributed by atoms with Crippen LogP contribution in [-0.4, -0.2) is 60.3 Å². The van der Waals surface area contributed by atoms with Crippen LogP contribution in [0.4, 0.5) is 0 Å². The number of hydrogen-bond acceptors (Lipinski definition) is 3. The van der Waals surface area contributed by atoms with Gasteiger partial charge >= 0.3 is 0 Å². The molecular weight excluding hydrogens is 328 g/mol. The van der Waals surface area contributed by atoms with Crippen molar-refractivity contribution in [2.24, 2.45) is 0 Å². The van der Waals surface area contributed by atoms with Crippen molar-refractivity contribution >= 4 is 23.4 Å². The van der Waals surface area contributed by atoms with E-state index in [0.29, 0.717) is 44.2 Å². The summed E-state index contributed by atoms with van der Waals surface area (Å²) in [6.45, 7) is 4.40. The quantitative estimate of drug-likeness (QED) is 0.708. The van der Waals surface area contributed by atoms with E-state index < -0.39 is 0 Å². The number of benzene rings is 1. The molecule has 24 heavy (non-hydrogen) atoms. The molecule has 132 valence electrons. The van der Waals surface area contributed by atoms with E-state index in [0.717, 1.165) is 12.8 Å². The molecule has 1 heterocycles. The molecule has 5 nitrogen and oxygen atoms in total. The predicted octanol–water partition coefficient (Wildman–Crippen LogP) is 2.32. The van der Waals surface area contributed by atoms with Crippen LogP contribution in [0.3, 0.4) is 0 Å². The number of alkyl halides is 1. The van der Waals surface area contributed by atoms with Crippen LogP contribution in [0.25, 0.3) is 0 Å². The first kappa shape index (κ1) is 18.6.